The number of amides is 1. The first-order valence-electron chi connectivity index (χ1n) is 8.27. The van der Waals surface area contributed by atoms with E-state index in [1.54, 1.807) is 17.3 Å². The van der Waals surface area contributed by atoms with Gasteiger partial charge in [-0.15, -0.1) is 0 Å². The number of hydrogen-bond donors (Lipinski definition) is 1. The number of aliphatic hydroxyl groups is 1. The molecule has 0 unspecified atom stereocenters. The van der Waals surface area contributed by atoms with Gasteiger partial charge < -0.3 is 14.7 Å². The molecule has 2 aromatic rings. The molecule has 24 heavy (non-hydrogen) atoms. The summed E-state index contributed by atoms with van der Waals surface area (Å²) in [7, 11) is 0. The summed E-state index contributed by atoms with van der Waals surface area (Å²) >= 11 is 0. The molecule has 1 aromatic carbocycles. The van der Waals surface area contributed by atoms with Gasteiger partial charge in [0.25, 0.3) is 0 Å². The Bertz CT molecular complexity index is 675. The Morgan fingerprint density at radius 1 is 1.29 bits per heavy atom. The van der Waals surface area contributed by atoms with Gasteiger partial charge in [0, 0.05) is 24.5 Å². The number of rotatable bonds is 6. The van der Waals surface area contributed by atoms with Crippen LogP contribution >= 0.6 is 0 Å². The molecule has 1 N–H and O–H groups in total. The first kappa shape index (κ1) is 16.5. The lowest BCUT2D eigenvalue weighted by molar-refractivity contribution is -0.131. The first-order chi connectivity index (χ1) is 11.8. The fraction of sp³-hybridized carbons (Fsp3) is 0.368. The Kier molecular flexibility index (Phi) is 5.43. The molecule has 0 radical (unpaired) electrons. The molecule has 0 aliphatic carbocycles. The quantitative estimate of drug-likeness (QED) is 0.884. The summed E-state index contributed by atoms with van der Waals surface area (Å²) in [4.78, 5) is 18.3. The van der Waals surface area contributed by atoms with Crippen LogP contribution in [0.2, 0.25) is 0 Å². The van der Waals surface area contributed by atoms with Crippen LogP contribution in [0.5, 0.6) is 5.75 Å². The maximum absolute atomic E-state index is 12.4. The van der Waals surface area contributed by atoms with E-state index < -0.39 is 0 Å². The minimum atomic E-state index is -0.0255. The highest BCUT2D eigenvalue weighted by Gasteiger charge is 2.27. The number of aliphatic hydroxyl groups excluding tert-OH is 1. The molecule has 1 aromatic heterocycles. The van der Waals surface area contributed by atoms with Crippen LogP contribution in [-0.2, 0) is 17.8 Å². The van der Waals surface area contributed by atoms with Crippen molar-refractivity contribution in [1.82, 2.24) is 9.88 Å². The fourth-order valence-electron chi connectivity index (χ4n) is 3.03. The molecule has 1 atom stereocenters. The molecule has 1 fully saturated rings. The second kappa shape index (κ2) is 7.93. The van der Waals surface area contributed by atoms with Crippen molar-refractivity contribution in [1.29, 1.82) is 0 Å². The maximum Gasteiger partial charge on any atom is 0.227 e. The topological polar surface area (TPSA) is 62.7 Å². The first-order valence-corrected chi connectivity index (χ1v) is 8.27. The van der Waals surface area contributed by atoms with Crippen LogP contribution in [0.25, 0.3) is 0 Å². The predicted octanol–water partition coefficient (Wildman–Crippen LogP) is 2.19. The summed E-state index contributed by atoms with van der Waals surface area (Å²) in [6.07, 6.45) is 5.69. The van der Waals surface area contributed by atoms with Gasteiger partial charge in [-0.1, -0.05) is 18.2 Å². The summed E-state index contributed by atoms with van der Waals surface area (Å²) in [5.41, 5.74) is 1.93. The van der Waals surface area contributed by atoms with Crippen molar-refractivity contribution in [2.45, 2.75) is 31.9 Å². The Balaban J connectivity index is 1.59. The normalized spacial score (nSPS) is 17.0. The van der Waals surface area contributed by atoms with Crippen molar-refractivity contribution in [3.63, 3.8) is 0 Å². The van der Waals surface area contributed by atoms with Gasteiger partial charge in [-0.25, -0.2) is 0 Å². The molecule has 2 heterocycles. The van der Waals surface area contributed by atoms with Gasteiger partial charge in [0.1, 0.15) is 12.4 Å². The summed E-state index contributed by atoms with van der Waals surface area (Å²) in [5, 5.41) is 9.35. The van der Waals surface area contributed by atoms with Gasteiger partial charge in [0.2, 0.25) is 5.91 Å². The van der Waals surface area contributed by atoms with Crippen LogP contribution in [0.1, 0.15) is 24.0 Å². The number of pyridine rings is 1. The number of aromatic nitrogens is 1. The third kappa shape index (κ3) is 4.11. The summed E-state index contributed by atoms with van der Waals surface area (Å²) in [6.45, 7) is 1.23. The van der Waals surface area contributed by atoms with Crippen molar-refractivity contribution in [2.75, 3.05) is 13.2 Å². The summed E-state index contributed by atoms with van der Waals surface area (Å²) in [5.74, 6) is 0.806. The maximum atomic E-state index is 12.4. The molecule has 0 saturated carbocycles. The van der Waals surface area contributed by atoms with Crippen molar-refractivity contribution in [3.05, 3.63) is 59.9 Å². The van der Waals surface area contributed by atoms with Gasteiger partial charge in [-0.2, -0.15) is 0 Å². The highest BCUT2D eigenvalue weighted by Crippen LogP contribution is 2.20. The summed E-state index contributed by atoms with van der Waals surface area (Å²) in [6, 6.07) is 11.4. The van der Waals surface area contributed by atoms with Crippen LogP contribution in [-0.4, -0.2) is 40.1 Å². The summed E-state index contributed by atoms with van der Waals surface area (Å²) < 4.78 is 5.78. The molecule has 0 bridgehead atoms. The van der Waals surface area contributed by atoms with Crippen LogP contribution in [0.3, 0.4) is 0 Å². The predicted molar refractivity (Wildman–Crippen MR) is 90.5 cm³/mol. The molecule has 1 aliphatic rings. The van der Waals surface area contributed by atoms with E-state index in [0.29, 0.717) is 13.0 Å². The molecule has 126 valence electrons. The highest BCUT2D eigenvalue weighted by molar-refractivity contribution is 5.79. The molecular weight excluding hydrogens is 304 g/mol. The number of likely N-dealkylation sites (tertiary alicyclic amines) is 1. The van der Waals surface area contributed by atoms with E-state index in [9.17, 15) is 9.90 Å². The number of carbonyl (C=O) groups is 1. The minimum absolute atomic E-state index is 0.0255. The van der Waals surface area contributed by atoms with Crippen molar-refractivity contribution in [2.24, 2.45) is 0 Å². The zero-order valence-electron chi connectivity index (χ0n) is 13.6. The zero-order valence-corrected chi connectivity index (χ0v) is 13.6. The lowest BCUT2D eigenvalue weighted by atomic mass is 10.1. The smallest absolute Gasteiger partial charge is 0.227 e. The number of hydrogen-bond acceptors (Lipinski definition) is 4. The number of carbonyl (C=O) groups excluding carboxylic acids is 1. The van der Waals surface area contributed by atoms with Crippen molar-refractivity contribution in [3.8, 4) is 5.75 Å². The molecule has 1 saturated heterocycles. The van der Waals surface area contributed by atoms with E-state index in [1.807, 2.05) is 36.4 Å². The van der Waals surface area contributed by atoms with Gasteiger partial charge >= 0.3 is 0 Å². The fourth-order valence-corrected chi connectivity index (χ4v) is 3.03. The van der Waals surface area contributed by atoms with Crippen LogP contribution in [0, 0.1) is 0 Å². The molecule has 0 spiro atoms. The zero-order chi connectivity index (χ0) is 16.8. The van der Waals surface area contributed by atoms with Crippen LogP contribution < -0.4 is 4.74 Å². The van der Waals surface area contributed by atoms with E-state index in [1.165, 1.54) is 0 Å². The molecule has 1 aliphatic heterocycles. The highest BCUT2D eigenvalue weighted by atomic mass is 16.5. The Labute approximate surface area is 141 Å². The van der Waals surface area contributed by atoms with E-state index in [4.69, 9.17) is 4.74 Å². The average molecular weight is 326 g/mol. The Morgan fingerprint density at radius 3 is 2.96 bits per heavy atom. The number of nitrogens with zero attached hydrogens (tertiary/aromatic N) is 2. The standard InChI is InChI=1S/C19H22N2O3/c22-13-17-6-3-9-21(17)19(23)11-15-4-1-7-18(10-15)24-14-16-5-2-8-20-12-16/h1-2,4-5,7-8,10,12,17,22H,3,6,9,11,13-14H2/t17-/m1/s1. The Morgan fingerprint density at radius 2 is 2.17 bits per heavy atom. The monoisotopic (exact) mass is 326 g/mol. The van der Waals surface area contributed by atoms with Crippen molar-refractivity contribution >= 4 is 5.91 Å². The van der Waals surface area contributed by atoms with E-state index >= 15 is 0 Å². The van der Waals surface area contributed by atoms with Crippen LogP contribution in [0.15, 0.2) is 48.8 Å². The van der Waals surface area contributed by atoms with E-state index in [0.717, 1.165) is 36.3 Å². The second-order valence-corrected chi connectivity index (χ2v) is 6.04. The van der Waals surface area contributed by atoms with E-state index in [-0.39, 0.29) is 18.6 Å². The number of ether oxygens (including phenoxy) is 1. The largest absolute Gasteiger partial charge is 0.489 e. The average Bonchev–Trinajstić information content (AvgIpc) is 3.10. The molecular formula is C19H22N2O3. The number of benzene rings is 1. The van der Waals surface area contributed by atoms with E-state index in [2.05, 4.69) is 4.98 Å². The SMILES string of the molecule is O=C(Cc1cccc(OCc2cccnc2)c1)N1CCC[C@@H]1CO. The van der Waals surface area contributed by atoms with Gasteiger partial charge in [0.05, 0.1) is 19.1 Å². The molecule has 1 amide bonds. The molecule has 3 rings (SSSR count). The van der Waals surface area contributed by atoms with Gasteiger partial charge in [-0.05, 0) is 36.6 Å². The van der Waals surface area contributed by atoms with Crippen molar-refractivity contribution < 1.29 is 14.6 Å². The lowest BCUT2D eigenvalue weighted by Crippen LogP contribution is -2.38. The second-order valence-electron chi connectivity index (χ2n) is 6.04. The lowest BCUT2D eigenvalue weighted by Gasteiger charge is -2.23. The van der Waals surface area contributed by atoms with Gasteiger partial charge in [-0.3, -0.25) is 9.78 Å². The molecule has 5 heteroatoms. The van der Waals surface area contributed by atoms with Gasteiger partial charge in [0.15, 0.2) is 0 Å². The van der Waals surface area contributed by atoms with Crippen LogP contribution in [0.4, 0.5) is 0 Å². The molecule has 5 nitrogen and oxygen atoms in total. The Hall–Kier alpha value is -2.40. The minimum Gasteiger partial charge on any atom is -0.489 e. The third-order valence-corrected chi connectivity index (χ3v) is 4.29. The third-order valence-electron chi connectivity index (χ3n) is 4.29.